The van der Waals surface area contributed by atoms with E-state index in [1.165, 1.54) is 4.57 Å². The molecule has 0 amide bonds. The minimum absolute atomic E-state index is 0.271. The molecule has 0 aromatic carbocycles. The molecule has 2 saturated heterocycles. The van der Waals surface area contributed by atoms with Crippen LogP contribution < -0.4 is 10.6 Å². The largest absolute Gasteiger partial charge is 0.394 e. The average Bonchev–Trinajstić information content (AvgIpc) is 3.00. The molecule has 2 aliphatic heterocycles. The molecule has 24 heavy (non-hydrogen) atoms. The quantitative estimate of drug-likeness (QED) is 0.480. The number of aryl methyl sites for hydroxylation is 1. The van der Waals surface area contributed by atoms with E-state index >= 15 is 0 Å². The fourth-order valence-corrected chi connectivity index (χ4v) is 3.10. The van der Waals surface area contributed by atoms with E-state index < -0.39 is 24.1 Å². The molecule has 0 saturated carbocycles. The third kappa shape index (κ3) is 3.22. The van der Waals surface area contributed by atoms with Gasteiger partial charge in [-0.25, -0.2) is 4.79 Å². The first kappa shape index (κ1) is 16.7. The van der Waals surface area contributed by atoms with Gasteiger partial charge in [0, 0.05) is 36.2 Å². The van der Waals surface area contributed by atoms with Crippen molar-refractivity contribution in [2.45, 2.75) is 31.7 Å². The zero-order chi connectivity index (χ0) is 17.1. The summed E-state index contributed by atoms with van der Waals surface area (Å²) in [4.78, 5) is 21.4. The normalized spacial score (nSPS) is 27.1. The molecule has 0 unspecified atom stereocenters. The topological polar surface area (TPSA) is 126 Å². The van der Waals surface area contributed by atoms with Gasteiger partial charge in [0.05, 0.1) is 32.0 Å². The van der Waals surface area contributed by atoms with Gasteiger partial charge in [-0.2, -0.15) is 4.98 Å². The van der Waals surface area contributed by atoms with Crippen LogP contribution in [0.1, 0.15) is 18.2 Å². The van der Waals surface area contributed by atoms with Gasteiger partial charge in [-0.3, -0.25) is 4.57 Å². The molecule has 1 N–H and O–H groups in total. The number of hydrogen-bond acceptors (Lipinski definition) is 7. The van der Waals surface area contributed by atoms with Crippen LogP contribution in [0.15, 0.2) is 16.1 Å². The molecule has 1 aromatic rings. The van der Waals surface area contributed by atoms with E-state index in [1.807, 2.05) is 11.8 Å². The summed E-state index contributed by atoms with van der Waals surface area (Å²) in [5, 5.41) is 13.0. The number of aliphatic hydroxyl groups excluding tert-OH is 1. The first-order valence-corrected chi connectivity index (χ1v) is 7.87. The van der Waals surface area contributed by atoms with Gasteiger partial charge in [-0.1, -0.05) is 5.11 Å². The monoisotopic (exact) mass is 336 g/mol. The van der Waals surface area contributed by atoms with Crippen molar-refractivity contribution in [2.75, 3.05) is 37.8 Å². The second kappa shape index (κ2) is 7.18. The van der Waals surface area contributed by atoms with Gasteiger partial charge >= 0.3 is 5.69 Å². The highest BCUT2D eigenvalue weighted by Gasteiger charge is 2.36. The predicted octanol–water partition coefficient (Wildman–Crippen LogP) is 0.347. The fourth-order valence-electron chi connectivity index (χ4n) is 3.10. The Hall–Kier alpha value is -2.13. The van der Waals surface area contributed by atoms with Crippen molar-refractivity contribution < 1.29 is 14.6 Å². The Morgan fingerprint density at radius 2 is 2.25 bits per heavy atom. The van der Waals surface area contributed by atoms with Gasteiger partial charge in [-0.15, -0.1) is 0 Å². The first-order chi connectivity index (χ1) is 11.6. The predicted molar refractivity (Wildman–Crippen MR) is 84.8 cm³/mol. The third-order valence-corrected chi connectivity index (χ3v) is 4.31. The number of ether oxygens (including phenoxy) is 2. The number of nitrogens with zero attached hydrogens (tertiary/aromatic N) is 6. The maximum Gasteiger partial charge on any atom is 0.351 e. The lowest BCUT2D eigenvalue weighted by molar-refractivity contribution is -0.0270. The number of aromatic nitrogens is 2. The molecule has 0 radical (unpaired) electrons. The summed E-state index contributed by atoms with van der Waals surface area (Å²) in [5.41, 5.74) is 9.03. The first-order valence-electron chi connectivity index (χ1n) is 7.87. The number of rotatable bonds is 4. The SMILES string of the molecule is Cc1cn([C@@H]2C[C@H](N=[N+]=[N-])[C@H](CO)O2)c(=O)nc1N1CCOCC1. The van der Waals surface area contributed by atoms with Crippen LogP contribution in [-0.4, -0.2) is 59.7 Å². The molecule has 10 nitrogen and oxygen atoms in total. The molecule has 3 heterocycles. The zero-order valence-electron chi connectivity index (χ0n) is 13.4. The molecular formula is C14H20N6O4. The van der Waals surface area contributed by atoms with Crippen molar-refractivity contribution in [3.63, 3.8) is 0 Å². The smallest absolute Gasteiger partial charge is 0.351 e. The van der Waals surface area contributed by atoms with Crippen molar-refractivity contribution in [1.82, 2.24) is 9.55 Å². The maximum atomic E-state index is 12.4. The summed E-state index contributed by atoms with van der Waals surface area (Å²) in [5.74, 6) is 0.655. The van der Waals surface area contributed by atoms with Crippen LogP contribution in [0.4, 0.5) is 5.82 Å². The minimum Gasteiger partial charge on any atom is -0.394 e. The van der Waals surface area contributed by atoms with E-state index in [-0.39, 0.29) is 6.61 Å². The van der Waals surface area contributed by atoms with Crippen LogP contribution in [0.2, 0.25) is 0 Å². The number of anilines is 1. The molecular weight excluding hydrogens is 316 g/mol. The van der Waals surface area contributed by atoms with Crippen molar-refractivity contribution >= 4 is 5.82 Å². The van der Waals surface area contributed by atoms with E-state index in [4.69, 9.17) is 15.0 Å². The Morgan fingerprint density at radius 3 is 2.92 bits per heavy atom. The molecule has 130 valence electrons. The molecule has 0 spiro atoms. The van der Waals surface area contributed by atoms with Crippen molar-refractivity contribution in [3.05, 3.63) is 32.7 Å². The lowest BCUT2D eigenvalue weighted by Gasteiger charge is -2.29. The second-order valence-corrected chi connectivity index (χ2v) is 5.86. The highest BCUT2D eigenvalue weighted by atomic mass is 16.5. The minimum atomic E-state index is -0.614. The van der Waals surface area contributed by atoms with E-state index in [9.17, 15) is 9.90 Å². The molecule has 1 aromatic heterocycles. The molecule has 3 rings (SSSR count). The van der Waals surface area contributed by atoms with E-state index in [0.717, 1.165) is 5.56 Å². The van der Waals surface area contributed by atoms with Crippen LogP contribution in [0, 0.1) is 6.92 Å². The fraction of sp³-hybridized carbons (Fsp3) is 0.714. The molecule has 2 aliphatic rings. The van der Waals surface area contributed by atoms with Crippen LogP contribution in [0.3, 0.4) is 0 Å². The molecule has 0 aliphatic carbocycles. The number of azide groups is 1. The van der Waals surface area contributed by atoms with E-state index in [2.05, 4.69) is 15.0 Å². The van der Waals surface area contributed by atoms with E-state index in [0.29, 0.717) is 38.5 Å². The highest BCUT2D eigenvalue weighted by Crippen LogP contribution is 2.30. The van der Waals surface area contributed by atoms with Gasteiger partial charge in [0.2, 0.25) is 0 Å². The van der Waals surface area contributed by atoms with Gasteiger partial charge < -0.3 is 19.5 Å². The molecule has 2 fully saturated rings. The standard InChI is InChI=1S/C14H20N6O4/c1-9-7-20(12-6-10(17-18-15)11(8-21)24-12)14(22)16-13(9)19-2-4-23-5-3-19/h7,10-12,21H,2-6,8H2,1H3/t10-,11-,12-/m0/s1. The highest BCUT2D eigenvalue weighted by molar-refractivity contribution is 5.45. The van der Waals surface area contributed by atoms with Gasteiger partial charge in [0.15, 0.2) is 0 Å². The van der Waals surface area contributed by atoms with E-state index in [1.54, 1.807) is 6.20 Å². The molecule has 3 atom stereocenters. The van der Waals surface area contributed by atoms with Crippen LogP contribution in [0.25, 0.3) is 10.4 Å². The number of aliphatic hydroxyl groups is 1. The van der Waals surface area contributed by atoms with Gasteiger partial charge in [0.25, 0.3) is 0 Å². The van der Waals surface area contributed by atoms with Crippen molar-refractivity contribution in [2.24, 2.45) is 5.11 Å². The van der Waals surface area contributed by atoms with Crippen LogP contribution in [-0.2, 0) is 9.47 Å². The van der Waals surface area contributed by atoms with Crippen LogP contribution >= 0.6 is 0 Å². The Morgan fingerprint density at radius 1 is 1.50 bits per heavy atom. The number of morpholine rings is 1. The lowest BCUT2D eigenvalue weighted by atomic mass is 10.1. The summed E-state index contributed by atoms with van der Waals surface area (Å²) >= 11 is 0. The summed E-state index contributed by atoms with van der Waals surface area (Å²) in [6.45, 7) is 4.24. The summed E-state index contributed by atoms with van der Waals surface area (Å²) in [6, 6.07) is -0.504. The summed E-state index contributed by atoms with van der Waals surface area (Å²) < 4.78 is 12.4. The summed E-state index contributed by atoms with van der Waals surface area (Å²) in [6.07, 6.45) is 0.817. The Balaban J connectivity index is 1.86. The third-order valence-electron chi connectivity index (χ3n) is 4.31. The van der Waals surface area contributed by atoms with Crippen LogP contribution in [0.5, 0.6) is 0 Å². The summed E-state index contributed by atoms with van der Waals surface area (Å²) in [7, 11) is 0. The number of hydrogen-bond donors (Lipinski definition) is 1. The Labute approximate surface area is 138 Å². The Kier molecular flexibility index (Phi) is 5.00. The van der Waals surface area contributed by atoms with Gasteiger partial charge in [0.1, 0.15) is 12.0 Å². The molecule has 10 heteroatoms. The Bertz CT molecular complexity index is 695. The van der Waals surface area contributed by atoms with Gasteiger partial charge in [-0.05, 0) is 12.5 Å². The second-order valence-electron chi connectivity index (χ2n) is 5.86. The average molecular weight is 336 g/mol. The van der Waals surface area contributed by atoms with Crippen molar-refractivity contribution in [3.8, 4) is 0 Å². The zero-order valence-corrected chi connectivity index (χ0v) is 13.4. The molecule has 0 bridgehead atoms. The lowest BCUT2D eigenvalue weighted by Crippen LogP contribution is -2.39. The maximum absolute atomic E-state index is 12.4. The van der Waals surface area contributed by atoms with Crippen molar-refractivity contribution in [1.29, 1.82) is 0 Å².